The van der Waals surface area contributed by atoms with E-state index >= 15 is 0 Å². The highest BCUT2D eigenvalue weighted by atomic mass is 16.5. The molecule has 1 aromatic rings. The second-order valence-corrected chi connectivity index (χ2v) is 6.80. The number of aliphatic hydroxyl groups excluding tert-OH is 2. The molecule has 5 nitrogen and oxygen atoms in total. The molecule has 0 aliphatic carbocycles. The number of ether oxygens (including phenoxy) is 1. The van der Waals surface area contributed by atoms with E-state index in [0.29, 0.717) is 18.8 Å². The first-order chi connectivity index (χ1) is 12.1. The highest BCUT2D eigenvalue weighted by molar-refractivity contribution is 5.69. The average molecular weight is 343 g/mol. The summed E-state index contributed by atoms with van der Waals surface area (Å²) in [7, 11) is 1.38. The lowest BCUT2D eigenvalue weighted by Crippen LogP contribution is -2.57. The third-order valence-electron chi connectivity index (χ3n) is 5.31. The van der Waals surface area contributed by atoms with Gasteiger partial charge in [-0.05, 0) is 55.5 Å². The van der Waals surface area contributed by atoms with Gasteiger partial charge in [0.15, 0.2) is 0 Å². The molecular weight excluding hydrogens is 318 g/mol. The van der Waals surface area contributed by atoms with Gasteiger partial charge in [0.1, 0.15) is 0 Å². The Hall–Kier alpha value is -1.87. The second kappa shape index (κ2) is 8.01. The zero-order chi connectivity index (χ0) is 17.8. The minimum absolute atomic E-state index is 0.102. The lowest BCUT2D eigenvalue weighted by Gasteiger charge is -2.46. The lowest BCUT2D eigenvalue weighted by atomic mass is 9.81. The van der Waals surface area contributed by atoms with Gasteiger partial charge in [-0.3, -0.25) is 9.69 Å². The fourth-order valence-electron chi connectivity index (χ4n) is 3.75. The third-order valence-corrected chi connectivity index (χ3v) is 5.31. The average Bonchev–Trinajstić information content (AvgIpc) is 2.66. The number of benzene rings is 1. The zero-order valence-corrected chi connectivity index (χ0v) is 14.6. The molecule has 3 saturated heterocycles. The first kappa shape index (κ1) is 17.9. The van der Waals surface area contributed by atoms with E-state index in [1.165, 1.54) is 7.11 Å². The van der Waals surface area contributed by atoms with Gasteiger partial charge in [-0.25, -0.2) is 0 Å². The summed E-state index contributed by atoms with van der Waals surface area (Å²) in [6.07, 6.45) is 2.61. The number of piperidine rings is 3. The number of aryl methyl sites for hydroxylation is 1. The predicted octanol–water partition coefficient (Wildman–Crippen LogP) is 1.09. The number of fused-ring (bicyclic) bond motifs is 3. The smallest absolute Gasteiger partial charge is 0.305 e. The molecule has 25 heavy (non-hydrogen) atoms. The molecule has 2 atom stereocenters. The quantitative estimate of drug-likeness (QED) is 0.633. The first-order valence-corrected chi connectivity index (χ1v) is 8.85. The van der Waals surface area contributed by atoms with Gasteiger partial charge in [-0.15, -0.1) is 0 Å². The molecule has 2 bridgehead atoms. The minimum atomic E-state index is -0.382. The predicted molar refractivity (Wildman–Crippen MR) is 93.7 cm³/mol. The number of aliphatic hydroxyl groups is 2. The fourth-order valence-corrected chi connectivity index (χ4v) is 3.75. The molecule has 3 heterocycles. The third kappa shape index (κ3) is 4.04. The van der Waals surface area contributed by atoms with E-state index in [1.54, 1.807) is 0 Å². The van der Waals surface area contributed by atoms with E-state index in [1.807, 2.05) is 18.2 Å². The van der Waals surface area contributed by atoms with Crippen LogP contribution in [0.5, 0.6) is 0 Å². The normalized spacial score (nSPS) is 27.5. The summed E-state index contributed by atoms with van der Waals surface area (Å²) in [5.74, 6) is 6.48. The molecule has 0 radical (unpaired) electrons. The van der Waals surface area contributed by atoms with Crippen molar-refractivity contribution >= 4 is 5.97 Å². The summed E-state index contributed by atoms with van der Waals surface area (Å²) in [5.41, 5.74) is 2.50. The summed E-state index contributed by atoms with van der Waals surface area (Å²) in [5, 5.41) is 20.1. The summed E-state index contributed by atoms with van der Waals surface area (Å²) in [6.45, 7) is 1.90. The van der Waals surface area contributed by atoms with Gasteiger partial charge < -0.3 is 14.9 Å². The van der Waals surface area contributed by atoms with Crippen molar-refractivity contribution in [3.8, 4) is 11.8 Å². The van der Waals surface area contributed by atoms with Gasteiger partial charge in [0.05, 0.1) is 25.9 Å². The Morgan fingerprint density at radius 3 is 2.76 bits per heavy atom. The van der Waals surface area contributed by atoms with E-state index in [-0.39, 0.29) is 24.7 Å². The van der Waals surface area contributed by atoms with Crippen molar-refractivity contribution in [1.29, 1.82) is 0 Å². The van der Waals surface area contributed by atoms with Crippen molar-refractivity contribution in [2.75, 3.05) is 20.2 Å². The van der Waals surface area contributed by atoms with Crippen molar-refractivity contribution < 1.29 is 19.7 Å². The summed E-state index contributed by atoms with van der Waals surface area (Å²) < 4.78 is 4.65. The lowest BCUT2D eigenvalue weighted by molar-refractivity contribution is -0.140. The SMILES string of the molecule is COC(=O)CCc1ccc(C#CC2C(O)C3CCN2CC3)c(CO)c1. The molecule has 0 spiro atoms. The maximum Gasteiger partial charge on any atom is 0.305 e. The number of rotatable bonds is 4. The molecule has 3 aliphatic heterocycles. The molecule has 0 aromatic heterocycles. The highest BCUT2D eigenvalue weighted by Gasteiger charge is 2.40. The molecule has 0 saturated carbocycles. The maximum absolute atomic E-state index is 11.3. The Kier molecular flexibility index (Phi) is 5.74. The molecule has 3 aliphatic rings. The van der Waals surface area contributed by atoms with Crippen LogP contribution in [0.1, 0.15) is 36.0 Å². The minimum Gasteiger partial charge on any atom is -0.469 e. The standard InChI is InChI=1S/C20H25NO4/c1-25-19(23)7-3-14-2-4-15(17(12-14)13-22)5-6-18-20(24)16-8-10-21(18)11-9-16/h2,4,12,16,18,20,22,24H,3,7-11,13H2,1H3. The Morgan fingerprint density at radius 2 is 2.12 bits per heavy atom. The van der Waals surface area contributed by atoms with Crippen LogP contribution in [0.2, 0.25) is 0 Å². The van der Waals surface area contributed by atoms with Gasteiger partial charge in [0.25, 0.3) is 0 Å². The molecule has 1 aromatic carbocycles. The Balaban J connectivity index is 1.73. The summed E-state index contributed by atoms with van der Waals surface area (Å²) in [4.78, 5) is 13.5. The van der Waals surface area contributed by atoms with E-state index in [9.17, 15) is 15.0 Å². The van der Waals surface area contributed by atoms with E-state index in [4.69, 9.17) is 0 Å². The molecule has 3 fully saturated rings. The molecule has 5 heteroatoms. The number of methoxy groups -OCH3 is 1. The van der Waals surface area contributed by atoms with Crippen molar-refractivity contribution in [2.45, 2.75) is 44.4 Å². The Bertz CT molecular complexity index is 681. The first-order valence-electron chi connectivity index (χ1n) is 8.85. The molecular formula is C20H25NO4. The molecule has 0 amide bonds. The number of hydrogen-bond donors (Lipinski definition) is 2. The number of carbonyl (C=O) groups excluding carboxylic acids is 1. The van der Waals surface area contributed by atoms with Gasteiger partial charge in [-0.2, -0.15) is 0 Å². The number of hydrogen-bond acceptors (Lipinski definition) is 5. The van der Waals surface area contributed by atoms with Crippen LogP contribution in [0.3, 0.4) is 0 Å². The molecule has 134 valence electrons. The fraction of sp³-hybridized carbons (Fsp3) is 0.550. The van der Waals surface area contributed by atoms with Crippen LogP contribution in [0.15, 0.2) is 18.2 Å². The summed E-state index contributed by atoms with van der Waals surface area (Å²) >= 11 is 0. The number of esters is 1. The highest BCUT2D eigenvalue weighted by Crippen LogP contribution is 2.32. The van der Waals surface area contributed by atoms with Gasteiger partial charge >= 0.3 is 5.97 Å². The molecule has 2 N–H and O–H groups in total. The van der Waals surface area contributed by atoms with Crippen LogP contribution in [-0.4, -0.2) is 53.4 Å². The van der Waals surface area contributed by atoms with Gasteiger partial charge in [0.2, 0.25) is 0 Å². The molecule has 4 rings (SSSR count). The van der Waals surface area contributed by atoms with Gasteiger partial charge in [-0.1, -0.05) is 24.0 Å². The maximum atomic E-state index is 11.3. The van der Waals surface area contributed by atoms with Crippen molar-refractivity contribution in [2.24, 2.45) is 5.92 Å². The van der Waals surface area contributed by atoms with Crippen LogP contribution in [0.4, 0.5) is 0 Å². The summed E-state index contributed by atoms with van der Waals surface area (Å²) in [6, 6.07) is 5.58. The van der Waals surface area contributed by atoms with Crippen molar-refractivity contribution in [3.05, 3.63) is 34.9 Å². The van der Waals surface area contributed by atoms with E-state index in [0.717, 1.165) is 42.6 Å². The second-order valence-electron chi connectivity index (χ2n) is 6.80. The van der Waals surface area contributed by atoms with Crippen LogP contribution in [0, 0.1) is 17.8 Å². The monoisotopic (exact) mass is 343 g/mol. The van der Waals surface area contributed by atoms with Gasteiger partial charge in [0, 0.05) is 12.0 Å². The van der Waals surface area contributed by atoms with Crippen molar-refractivity contribution in [1.82, 2.24) is 4.90 Å². The van der Waals surface area contributed by atoms with Crippen LogP contribution < -0.4 is 0 Å². The van der Waals surface area contributed by atoms with Crippen LogP contribution >= 0.6 is 0 Å². The zero-order valence-electron chi connectivity index (χ0n) is 14.6. The van der Waals surface area contributed by atoms with E-state index < -0.39 is 0 Å². The van der Waals surface area contributed by atoms with Crippen LogP contribution in [-0.2, 0) is 22.6 Å². The van der Waals surface area contributed by atoms with Crippen molar-refractivity contribution in [3.63, 3.8) is 0 Å². The van der Waals surface area contributed by atoms with Crippen LogP contribution in [0.25, 0.3) is 0 Å². The molecule has 2 unspecified atom stereocenters. The Morgan fingerprint density at radius 1 is 1.36 bits per heavy atom. The topological polar surface area (TPSA) is 70.0 Å². The largest absolute Gasteiger partial charge is 0.469 e. The number of carbonyl (C=O) groups is 1. The number of nitrogens with zero attached hydrogens (tertiary/aromatic N) is 1. The van der Waals surface area contributed by atoms with E-state index in [2.05, 4.69) is 21.5 Å². The Labute approximate surface area is 148 Å².